The first-order valence-corrected chi connectivity index (χ1v) is 7.22. The standard InChI is InChI=1S/C15H21N3O2S/c1-10(2)8-14(20)18-15(21)17-12-6-4-11(5-7-12)9-13(19)16-3/h4-7,10H,8-9H2,1-3H3,(H,16,19)(H2,17,18,20,21). The number of nitrogens with one attached hydrogen (secondary N) is 3. The monoisotopic (exact) mass is 307 g/mol. The molecule has 0 fully saturated rings. The molecule has 5 nitrogen and oxygen atoms in total. The van der Waals surface area contributed by atoms with Gasteiger partial charge in [-0.15, -0.1) is 0 Å². The molecule has 0 aliphatic rings. The Morgan fingerprint density at radius 1 is 1.14 bits per heavy atom. The van der Waals surface area contributed by atoms with Crippen LogP contribution in [0.4, 0.5) is 5.69 Å². The van der Waals surface area contributed by atoms with Gasteiger partial charge in [-0.3, -0.25) is 9.59 Å². The van der Waals surface area contributed by atoms with Crippen molar-refractivity contribution < 1.29 is 9.59 Å². The normalized spacial score (nSPS) is 10.1. The second-order valence-electron chi connectivity index (χ2n) is 5.15. The van der Waals surface area contributed by atoms with Gasteiger partial charge in [0.25, 0.3) is 0 Å². The minimum atomic E-state index is -0.0984. The molecule has 0 aliphatic heterocycles. The SMILES string of the molecule is CNC(=O)Cc1ccc(NC(=S)NC(=O)CC(C)C)cc1. The molecule has 0 bridgehead atoms. The van der Waals surface area contributed by atoms with Crippen molar-refractivity contribution in [1.29, 1.82) is 0 Å². The van der Waals surface area contributed by atoms with Crippen molar-refractivity contribution in [3.63, 3.8) is 0 Å². The Hall–Kier alpha value is -1.95. The van der Waals surface area contributed by atoms with E-state index < -0.39 is 0 Å². The van der Waals surface area contributed by atoms with Gasteiger partial charge in [0, 0.05) is 19.2 Å². The van der Waals surface area contributed by atoms with E-state index >= 15 is 0 Å². The largest absolute Gasteiger partial charge is 0.359 e. The lowest BCUT2D eigenvalue weighted by atomic mass is 10.1. The maximum absolute atomic E-state index is 11.6. The fraction of sp³-hybridized carbons (Fsp3) is 0.400. The molecule has 0 atom stereocenters. The summed E-state index contributed by atoms with van der Waals surface area (Å²) >= 11 is 5.08. The fourth-order valence-corrected chi connectivity index (χ4v) is 1.92. The zero-order chi connectivity index (χ0) is 15.8. The van der Waals surface area contributed by atoms with Crippen molar-refractivity contribution in [2.75, 3.05) is 12.4 Å². The maximum atomic E-state index is 11.6. The molecule has 0 heterocycles. The van der Waals surface area contributed by atoms with Gasteiger partial charge in [-0.2, -0.15) is 0 Å². The maximum Gasteiger partial charge on any atom is 0.226 e. The third-order valence-corrected chi connectivity index (χ3v) is 2.91. The van der Waals surface area contributed by atoms with Crippen LogP contribution in [0.2, 0.25) is 0 Å². The van der Waals surface area contributed by atoms with E-state index in [1.54, 1.807) is 7.05 Å². The van der Waals surface area contributed by atoms with E-state index in [0.717, 1.165) is 11.3 Å². The second-order valence-corrected chi connectivity index (χ2v) is 5.56. The van der Waals surface area contributed by atoms with Crippen LogP contribution in [-0.4, -0.2) is 24.0 Å². The predicted octanol–water partition coefficient (Wildman–Crippen LogP) is 1.83. The Balaban J connectivity index is 2.49. The topological polar surface area (TPSA) is 70.2 Å². The highest BCUT2D eigenvalue weighted by Crippen LogP contribution is 2.10. The van der Waals surface area contributed by atoms with E-state index in [4.69, 9.17) is 12.2 Å². The lowest BCUT2D eigenvalue weighted by Crippen LogP contribution is -2.34. The Morgan fingerprint density at radius 2 is 1.76 bits per heavy atom. The average molecular weight is 307 g/mol. The molecule has 2 amide bonds. The predicted molar refractivity (Wildman–Crippen MR) is 88.0 cm³/mol. The van der Waals surface area contributed by atoms with E-state index in [1.807, 2.05) is 38.1 Å². The van der Waals surface area contributed by atoms with Crippen LogP contribution < -0.4 is 16.0 Å². The lowest BCUT2D eigenvalue weighted by molar-refractivity contribution is -0.121. The molecule has 0 radical (unpaired) electrons. The van der Waals surface area contributed by atoms with E-state index in [0.29, 0.717) is 12.8 Å². The van der Waals surface area contributed by atoms with Crippen molar-refractivity contribution in [1.82, 2.24) is 10.6 Å². The molecule has 0 saturated carbocycles. The third-order valence-electron chi connectivity index (χ3n) is 2.70. The van der Waals surface area contributed by atoms with Gasteiger partial charge in [0.1, 0.15) is 0 Å². The van der Waals surface area contributed by atoms with E-state index in [-0.39, 0.29) is 22.8 Å². The van der Waals surface area contributed by atoms with E-state index in [9.17, 15) is 9.59 Å². The molecule has 1 rings (SSSR count). The average Bonchev–Trinajstić information content (AvgIpc) is 2.39. The van der Waals surface area contributed by atoms with Crippen LogP contribution in [0.1, 0.15) is 25.8 Å². The molecule has 0 unspecified atom stereocenters. The van der Waals surface area contributed by atoms with E-state index in [2.05, 4.69) is 16.0 Å². The van der Waals surface area contributed by atoms with Crippen molar-refractivity contribution in [3.05, 3.63) is 29.8 Å². The fourth-order valence-electron chi connectivity index (χ4n) is 1.69. The number of anilines is 1. The van der Waals surface area contributed by atoms with Gasteiger partial charge in [0.2, 0.25) is 11.8 Å². The highest BCUT2D eigenvalue weighted by Gasteiger charge is 2.07. The van der Waals surface area contributed by atoms with Crippen LogP contribution in [0.15, 0.2) is 24.3 Å². The van der Waals surface area contributed by atoms with Gasteiger partial charge in [-0.25, -0.2) is 0 Å². The number of thiocarbonyl (C=S) groups is 1. The van der Waals surface area contributed by atoms with Crippen molar-refractivity contribution in [2.45, 2.75) is 26.7 Å². The first kappa shape index (κ1) is 17.1. The van der Waals surface area contributed by atoms with Crippen LogP contribution in [0.5, 0.6) is 0 Å². The lowest BCUT2D eigenvalue weighted by Gasteiger charge is -2.11. The summed E-state index contributed by atoms with van der Waals surface area (Å²) in [4.78, 5) is 22.8. The Bertz CT molecular complexity index is 512. The number of likely N-dealkylation sites (N-methyl/N-ethyl adjacent to an activating group) is 1. The molecule has 0 aliphatic carbocycles. The Kier molecular flexibility index (Phi) is 6.81. The third kappa shape index (κ3) is 6.85. The first-order valence-electron chi connectivity index (χ1n) is 6.81. The Morgan fingerprint density at radius 3 is 2.29 bits per heavy atom. The van der Waals surface area contributed by atoms with E-state index in [1.165, 1.54) is 0 Å². The molecule has 0 saturated heterocycles. The zero-order valence-corrected chi connectivity index (χ0v) is 13.3. The molecule has 1 aromatic carbocycles. The van der Waals surface area contributed by atoms with Crippen LogP contribution >= 0.6 is 12.2 Å². The molecular weight excluding hydrogens is 286 g/mol. The molecule has 0 spiro atoms. The minimum absolute atomic E-state index is 0.0350. The molecular formula is C15H21N3O2S. The molecule has 1 aromatic rings. The Labute approximate surface area is 130 Å². The number of hydrogen-bond donors (Lipinski definition) is 3. The van der Waals surface area contributed by atoms with Crippen molar-refractivity contribution in [2.24, 2.45) is 5.92 Å². The highest BCUT2D eigenvalue weighted by atomic mass is 32.1. The van der Waals surface area contributed by atoms with Crippen molar-refractivity contribution >= 4 is 34.8 Å². The number of carbonyl (C=O) groups excluding carboxylic acids is 2. The smallest absolute Gasteiger partial charge is 0.226 e. The number of hydrogen-bond acceptors (Lipinski definition) is 3. The molecule has 3 N–H and O–H groups in total. The summed E-state index contributed by atoms with van der Waals surface area (Å²) in [5.41, 5.74) is 1.68. The van der Waals surface area contributed by atoms with Crippen LogP contribution in [0.3, 0.4) is 0 Å². The quantitative estimate of drug-likeness (QED) is 0.726. The molecule has 0 aromatic heterocycles. The van der Waals surface area contributed by atoms with Gasteiger partial charge in [0.05, 0.1) is 6.42 Å². The summed E-state index contributed by atoms with van der Waals surface area (Å²) in [5.74, 6) is 0.155. The molecule has 21 heavy (non-hydrogen) atoms. The first-order chi connectivity index (χ1) is 9.90. The summed E-state index contributed by atoms with van der Waals surface area (Å²) in [6.45, 7) is 3.95. The number of rotatable bonds is 5. The summed E-state index contributed by atoms with van der Waals surface area (Å²) in [5, 5.41) is 8.42. The van der Waals surface area contributed by atoms with Crippen LogP contribution in [-0.2, 0) is 16.0 Å². The zero-order valence-electron chi connectivity index (χ0n) is 12.5. The summed E-state index contributed by atoms with van der Waals surface area (Å²) in [6, 6.07) is 7.32. The number of amides is 2. The van der Waals surface area contributed by atoms with Gasteiger partial charge in [-0.05, 0) is 35.8 Å². The van der Waals surface area contributed by atoms with Crippen molar-refractivity contribution in [3.8, 4) is 0 Å². The number of carbonyl (C=O) groups is 2. The molecule has 114 valence electrons. The highest BCUT2D eigenvalue weighted by molar-refractivity contribution is 7.80. The van der Waals surface area contributed by atoms with Gasteiger partial charge < -0.3 is 16.0 Å². The molecule has 6 heteroatoms. The van der Waals surface area contributed by atoms with Gasteiger partial charge >= 0.3 is 0 Å². The summed E-state index contributed by atoms with van der Waals surface area (Å²) in [7, 11) is 1.61. The van der Waals surface area contributed by atoms with Crippen LogP contribution in [0, 0.1) is 5.92 Å². The number of benzene rings is 1. The van der Waals surface area contributed by atoms with Crippen LogP contribution in [0.25, 0.3) is 0 Å². The summed E-state index contributed by atoms with van der Waals surface area (Å²) in [6.07, 6.45) is 0.777. The second kappa shape index (κ2) is 8.36. The van der Waals surface area contributed by atoms with Gasteiger partial charge in [0.15, 0.2) is 5.11 Å². The van der Waals surface area contributed by atoms with Gasteiger partial charge in [-0.1, -0.05) is 26.0 Å². The minimum Gasteiger partial charge on any atom is -0.359 e. The summed E-state index contributed by atoms with van der Waals surface area (Å²) < 4.78 is 0.